The van der Waals surface area contributed by atoms with Crippen LogP contribution in [0.2, 0.25) is 0 Å². The number of rotatable bonds is 5. The molecule has 1 saturated heterocycles. The monoisotopic (exact) mass is 444 g/mol. The largest absolute Gasteiger partial charge is 0.375 e. The average Bonchev–Trinajstić information content (AvgIpc) is 3.26. The second kappa shape index (κ2) is 9.11. The molecule has 1 unspecified atom stereocenters. The van der Waals surface area contributed by atoms with Crippen molar-refractivity contribution in [2.24, 2.45) is 0 Å². The van der Waals surface area contributed by atoms with Crippen LogP contribution in [0, 0.1) is 5.82 Å². The van der Waals surface area contributed by atoms with Crippen molar-refractivity contribution in [3.05, 3.63) is 83.8 Å². The van der Waals surface area contributed by atoms with E-state index in [4.69, 9.17) is 9.72 Å². The maximum absolute atomic E-state index is 13.7. The summed E-state index contributed by atoms with van der Waals surface area (Å²) in [4.78, 5) is 20.3. The first kappa shape index (κ1) is 21.3. The molecule has 0 saturated carbocycles. The summed E-state index contributed by atoms with van der Waals surface area (Å²) in [5, 5.41) is 5.20. The maximum Gasteiger partial charge on any atom is 0.254 e. The molecular weight excluding hydrogens is 419 g/mol. The van der Waals surface area contributed by atoms with Gasteiger partial charge in [0.2, 0.25) is 0 Å². The summed E-state index contributed by atoms with van der Waals surface area (Å²) in [6.45, 7) is 4.07. The summed E-state index contributed by atoms with van der Waals surface area (Å²) in [6.07, 6.45) is 2.59. The lowest BCUT2D eigenvalue weighted by Crippen LogP contribution is -2.45. The molecule has 0 spiro atoms. The van der Waals surface area contributed by atoms with Crippen LogP contribution in [0.25, 0.3) is 22.3 Å². The average molecular weight is 445 g/mol. The van der Waals surface area contributed by atoms with Gasteiger partial charge in [-0.1, -0.05) is 49.4 Å². The Morgan fingerprint density at radius 3 is 2.79 bits per heavy atom. The molecule has 1 fully saturated rings. The zero-order valence-electron chi connectivity index (χ0n) is 18.4. The Kier molecular flexibility index (Phi) is 5.88. The number of aromatic nitrogens is 3. The van der Waals surface area contributed by atoms with Gasteiger partial charge in [0.25, 0.3) is 5.91 Å². The minimum atomic E-state index is -0.296. The standard InChI is InChI=1S/C26H25FN4O2/c1-2-21-17-30(11-12-33-21)26(32)22-14-24(19-8-4-3-5-9-19)29-25-23(22)15-28-31(25)16-18-7-6-10-20(27)13-18/h3-10,13-15,21H,2,11-12,16-17H2,1H3. The van der Waals surface area contributed by atoms with Crippen LogP contribution in [0.4, 0.5) is 4.39 Å². The predicted octanol–water partition coefficient (Wildman–Crippen LogP) is 4.54. The number of fused-ring (bicyclic) bond motifs is 1. The topological polar surface area (TPSA) is 60.2 Å². The second-order valence-corrected chi connectivity index (χ2v) is 8.24. The van der Waals surface area contributed by atoms with Crippen LogP contribution in [0.3, 0.4) is 0 Å². The Labute approximate surface area is 191 Å². The number of nitrogens with zero attached hydrogens (tertiary/aromatic N) is 4. The number of ether oxygens (including phenoxy) is 1. The van der Waals surface area contributed by atoms with Gasteiger partial charge in [0.1, 0.15) is 5.82 Å². The summed E-state index contributed by atoms with van der Waals surface area (Å²) < 4.78 is 21.2. The smallest absolute Gasteiger partial charge is 0.254 e. The minimum Gasteiger partial charge on any atom is -0.375 e. The lowest BCUT2D eigenvalue weighted by Gasteiger charge is -2.32. The number of hydrogen-bond donors (Lipinski definition) is 0. The summed E-state index contributed by atoms with van der Waals surface area (Å²) in [7, 11) is 0. The molecule has 0 bridgehead atoms. The number of halogens is 1. The first-order chi connectivity index (χ1) is 16.1. The van der Waals surface area contributed by atoms with Gasteiger partial charge in [0.05, 0.1) is 42.1 Å². The summed E-state index contributed by atoms with van der Waals surface area (Å²) in [5.41, 5.74) is 3.57. The predicted molar refractivity (Wildman–Crippen MR) is 124 cm³/mol. The molecule has 5 rings (SSSR count). The fraction of sp³-hybridized carbons (Fsp3) is 0.269. The fourth-order valence-electron chi connectivity index (χ4n) is 4.23. The molecule has 3 heterocycles. The van der Waals surface area contributed by atoms with Crippen LogP contribution < -0.4 is 0 Å². The van der Waals surface area contributed by atoms with E-state index in [0.29, 0.717) is 48.5 Å². The van der Waals surface area contributed by atoms with E-state index in [2.05, 4.69) is 12.0 Å². The first-order valence-electron chi connectivity index (χ1n) is 11.2. The van der Waals surface area contributed by atoms with Crippen LogP contribution in [0.1, 0.15) is 29.3 Å². The maximum atomic E-state index is 13.7. The molecule has 168 valence electrons. The third kappa shape index (κ3) is 4.36. The quantitative estimate of drug-likeness (QED) is 0.454. The van der Waals surface area contributed by atoms with E-state index in [-0.39, 0.29) is 17.8 Å². The number of carbonyl (C=O) groups excluding carboxylic acids is 1. The number of hydrogen-bond acceptors (Lipinski definition) is 4. The molecule has 1 aliphatic rings. The highest BCUT2D eigenvalue weighted by Crippen LogP contribution is 2.27. The number of carbonyl (C=O) groups is 1. The van der Waals surface area contributed by atoms with E-state index in [1.54, 1.807) is 16.9 Å². The van der Waals surface area contributed by atoms with Crippen LogP contribution in [-0.2, 0) is 11.3 Å². The fourth-order valence-corrected chi connectivity index (χ4v) is 4.23. The van der Waals surface area contributed by atoms with E-state index in [0.717, 1.165) is 17.5 Å². The summed E-state index contributed by atoms with van der Waals surface area (Å²) in [5.74, 6) is -0.345. The first-order valence-corrected chi connectivity index (χ1v) is 11.2. The zero-order valence-corrected chi connectivity index (χ0v) is 18.4. The molecule has 1 amide bonds. The molecule has 4 aromatic rings. The number of amides is 1. The van der Waals surface area contributed by atoms with Gasteiger partial charge < -0.3 is 9.64 Å². The van der Waals surface area contributed by atoms with Crippen molar-refractivity contribution in [2.75, 3.05) is 19.7 Å². The van der Waals surface area contributed by atoms with Crippen molar-refractivity contribution < 1.29 is 13.9 Å². The number of benzene rings is 2. The van der Waals surface area contributed by atoms with Gasteiger partial charge >= 0.3 is 0 Å². The van der Waals surface area contributed by atoms with Crippen molar-refractivity contribution in [3.8, 4) is 11.3 Å². The number of morpholine rings is 1. The van der Waals surface area contributed by atoms with Crippen molar-refractivity contribution in [1.82, 2.24) is 19.7 Å². The van der Waals surface area contributed by atoms with Crippen molar-refractivity contribution in [2.45, 2.75) is 26.0 Å². The van der Waals surface area contributed by atoms with E-state index in [1.807, 2.05) is 47.4 Å². The van der Waals surface area contributed by atoms with Gasteiger partial charge in [0.15, 0.2) is 5.65 Å². The SMILES string of the molecule is CCC1CN(C(=O)c2cc(-c3ccccc3)nc3c2cnn3Cc2cccc(F)c2)CCO1. The summed E-state index contributed by atoms with van der Waals surface area (Å²) in [6, 6.07) is 18.1. The minimum absolute atomic E-state index is 0.0457. The van der Waals surface area contributed by atoms with Gasteiger partial charge in [-0.15, -0.1) is 0 Å². The molecule has 0 radical (unpaired) electrons. The Hall–Kier alpha value is -3.58. The van der Waals surface area contributed by atoms with Crippen LogP contribution in [-0.4, -0.2) is 51.4 Å². The van der Waals surface area contributed by atoms with Gasteiger partial charge in [0, 0.05) is 18.7 Å². The third-order valence-electron chi connectivity index (χ3n) is 6.01. The van der Waals surface area contributed by atoms with Crippen LogP contribution in [0.15, 0.2) is 66.9 Å². The van der Waals surface area contributed by atoms with Gasteiger partial charge in [-0.25, -0.2) is 14.1 Å². The lowest BCUT2D eigenvalue weighted by molar-refractivity contribution is -0.0225. The van der Waals surface area contributed by atoms with Crippen LogP contribution in [0.5, 0.6) is 0 Å². The van der Waals surface area contributed by atoms with E-state index >= 15 is 0 Å². The molecule has 7 heteroatoms. The Morgan fingerprint density at radius 1 is 1.15 bits per heavy atom. The molecule has 2 aromatic carbocycles. The van der Waals surface area contributed by atoms with E-state index < -0.39 is 0 Å². The lowest BCUT2D eigenvalue weighted by atomic mass is 10.1. The van der Waals surface area contributed by atoms with Gasteiger partial charge in [-0.05, 0) is 30.2 Å². The zero-order chi connectivity index (χ0) is 22.8. The van der Waals surface area contributed by atoms with Crippen LogP contribution >= 0.6 is 0 Å². The summed E-state index contributed by atoms with van der Waals surface area (Å²) >= 11 is 0. The molecule has 2 aromatic heterocycles. The molecule has 0 aliphatic carbocycles. The molecular formula is C26H25FN4O2. The Bertz CT molecular complexity index is 1290. The van der Waals surface area contributed by atoms with Gasteiger partial charge in [-0.3, -0.25) is 4.79 Å². The Morgan fingerprint density at radius 2 is 2.00 bits per heavy atom. The Balaban J connectivity index is 1.60. The molecule has 0 N–H and O–H groups in total. The highest BCUT2D eigenvalue weighted by Gasteiger charge is 2.27. The molecule has 6 nitrogen and oxygen atoms in total. The van der Waals surface area contributed by atoms with Crippen molar-refractivity contribution in [3.63, 3.8) is 0 Å². The van der Waals surface area contributed by atoms with E-state index in [1.165, 1.54) is 12.1 Å². The normalized spacial score (nSPS) is 16.3. The highest BCUT2D eigenvalue weighted by molar-refractivity contribution is 6.06. The molecule has 1 aliphatic heterocycles. The molecule has 1 atom stereocenters. The van der Waals surface area contributed by atoms with E-state index in [9.17, 15) is 9.18 Å². The van der Waals surface area contributed by atoms with Crippen molar-refractivity contribution in [1.29, 1.82) is 0 Å². The highest BCUT2D eigenvalue weighted by atomic mass is 19.1. The second-order valence-electron chi connectivity index (χ2n) is 8.24. The van der Waals surface area contributed by atoms with Crippen molar-refractivity contribution >= 4 is 16.9 Å². The molecule has 33 heavy (non-hydrogen) atoms. The van der Waals surface area contributed by atoms with Gasteiger partial charge in [-0.2, -0.15) is 5.10 Å². The number of pyridine rings is 1. The third-order valence-corrected chi connectivity index (χ3v) is 6.01.